The number of carbonyl (C=O) groups is 1. The summed E-state index contributed by atoms with van der Waals surface area (Å²) in [4.78, 5) is 16.9. The topological polar surface area (TPSA) is 56.1 Å². The minimum absolute atomic E-state index is 0.0993. The SMILES string of the molecule is C=CCOc1ccc2c(c1)c(CC(=O)NC1CCCCC1)cn2Cc1ccncc1. The maximum absolute atomic E-state index is 12.8. The third-order valence-corrected chi connectivity index (χ3v) is 5.73. The van der Waals surface area contributed by atoms with E-state index in [1.165, 1.54) is 24.8 Å². The van der Waals surface area contributed by atoms with Crippen molar-refractivity contribution >= 4 is 16.8 Å². The average Bonchev–Trinajstić information content (AvgIpc) is 3.10. The second kappa shape index (κ2) is 9.61. The van der Waals surface area contributed by atoms with Crippen molar-refractivity contribution in [3.8, 4) is 5.75 Å². The number of nitrogens with one attached hydrogen (secondary N) is 1. The number of hydrogen-bond donors (Lipinski definition) is 1. The van der Waals surface area contributed by atoms with Gasteiger partial charge in [-0.2, -0.15) is 0 Å². The molecule has 1 aliphatic rings. The van der Waals surface area contributed by atoms with Crippen LogP contribution in [-0.4, -0.2) is 28.1 Å². The Balaban J connectivity index is 1.60. The van der Waals surface area contributed by atoms with Gasteiger partial charge >= 0.3 is 0 Å². The molecule has 1 fully saturated rings. The van der Waals surface area contributed by atoms with E-state index in [0.29, 0.717) is 19.1 Å². The zero-order valence-corrected chi connectivity index (χ0v) is 17.3. The molecule has 5 heteroatoms. The zero-order valence-electron chi connectivity index (χ0n) is 17.3. The van der Waals surface area contributed by atoms with Crippen molar-refractivity contribution in [1.82, 2.24) is 14.9 Å². The molecule has 4 rings (SSSR count). The highest BCUT2D eigenvalue weighted by Crippen LogP contribution is 2.28. The number of amides is 1. The standard InChI is InChI=1S/C25H29N3O2/c1-2-14-30-22-8-9-24-23(16-22)20(15-25(29)27-21-6-4-3-5-7-21)18-28(24)17-19-10-12-26-13-11-19/h2,8-13,16,18,21H,1,3-7,14-15,17H2,(H,27,29). The monoisotopic (exact) mass is 403 g/mol. The van der Waals surface area contributed by atoms with Crippen LogP contribution in [0.4, 0.5) is 0 Å². The number of ether oxygens (including phenoxy) is 1. The number of benzene rings is 1. The molecule has 3 aromatic rings. The highest BCUT2D eigenvalue weighted by molar-refractivity contribution is 5.90. The van der Waals surface area contributed by atoms with Gasteiger partial charge in [0, 0.05) is 42.1 Å². The van der Waals surface area contributed by atoms with E-state index in [1.807, 2.05) is 24.3 Å². The van der Waals surface area contributed by atoms with Crippen LogP contribution in [0.25, 0.3) is 10.9 Å². The summed E-state index contributed by atoms with van der Waals surface area (Å²) in [7, 11) is 0. The van der Waals surface area contributed by atoms with E-state index >= 15 is 0 Å². The minimum atomic E-state index is 0.0993. The molecular weight excluding hydrogens is 374 g/mol. The molecule has 0 saturated heterocycles. The first kappa shape index (κ1) is 20.2. The molecule has 0 spiro atoms. The van der Waals surface area contributed by atoms with Gasteiger partial charge in [0.1, 0.15) is 12.4 Å². The third-order valence-electron chi connectivity index (χ3n) is 5.73. The first-order valence-electron chi connectivity index (χ1n) is 10.8. The molecule has 0 radical (unpaired) electrons. The number of carbonyl (C=O) groups excluding carboxylic acids is 1. The van der Waals surface area contributed by atoms with Gasteiger partial charge < -0.3 is 14.6 Å². The molecule has 1 N–H and O–H groups in total. The number of fused-ring (bicyclic) bond motifs is 1. The van der Waals surface area contributed by atoms with Gasteiger partial charge in [-0.05, 0) is 54.3 Å². The first-order chi connectivity index (χ1) is 14.7. The van der Waals surface area contributed by atoms with E-state index in [9.17, 15) is 4.79 Å². The van der Waals surface area contributed by atoms with Crippen LogP contribution in [0.5, 0.6) is 5.75 Å². The van der Waals surface area contributed by atoms with Crippen LogP contribution in [0, 0.1) is 0 Å². The van der Waals surface area contributed by atoms with E-state index in [1.54, 1.807) is 18.5 Å². The van der Waals surface area contributed by atoms with E-state index in [2.05, 4.69) is 33.7 Å². The Morgan fingerprint density at radius 3 is 2.77 bits per heavy atom. The van der Waals surface area contributed by atoms with Gasteiger partial charge in [-0.15, -0.1) is 0 Å². The molecule has 0 unspecified atom stereocenters. The molecule has 1 amide bonds. The molecule has 30 heavy (non-hydrogen) atoms. The summed E-state index contributed by atoms with van der Waals surface area (Å²) in [6.45, 7) is 4.91. The van der Waals surface area contributed by atoms with Crippen molar-refractivity contribution in [3.05, 3.63) is 72.7 Å². The van der Waals surface area contributed by atoms with E-state index in [0.717, 1.165) is 41.6 Å². The van der Waals surface area contributed by atoms with Crippen molar-refractivity contribution in [1.29, 1.82) is 0 Å². The fraction of sp³-hybridized carbons (Fsp3) is 0.360. The van der Waals surface area contributed by atoms with Crippen molar-refractivity contribution in [2.75, 3.05) is 6.61 Å². The molecular formula is C25H29N3O2. The van der Waals surface area contributed by atoms with Gasteiger partial charge in [-0.1, -0.05) is 31.9 Å². The van der Waals surface area contributed by atoms with Gasteiger partial charge in [-0.25, -0.2) is 0 Å². The molecule has 2 heterocycles. The van der Waals surface area contributed by atoms with Gasteiger partial charge in [0.2, 0.25) is 5.91 Å². The Morgan fingerprint density at radius 1 is 1.20 bits per heavy atom. The number of aromatic nitrogens is 2. The second-order valence-corrected chi connectivity index (χ2v) is 8.00. The van der Waals surface area contributed by atoms with Gasteiger partial charge in [-0.3, -0.25) is 9.78 Å². The Hall–Kier alpha value is -3.08. The highest BCUT2D eigenvalue weighted by atomic mass is 16.5. The second-order valence-electron chi connectivity index (χ2n) is 8.00. The summed E-state index contributed by atoms with van der Waals surface area (Å²) in [5, 5.41) is 4.30. The Kier molecular flexibility index (Phi) is 6.47. The molecule has 0 atom stereocenters. The lowest BCUT2D eigenvalue weighted by Gasteiger charge is -2.22. The van der Waals surface area contributed by atoms with Crippen LogP contribution in [0.3, 0.4) is 0 Å². The minimum Gasteiger partial charge on any atom is -0.490 e. The Labute approximate surface area is 177 Å². The molecule has 2 aromatic heterocycles. The van der Waals surface area contributed by atoms with Crippen molar-refractivity contribution < 1.29 is 9.53 Å². The zero-order chi connectivity index (χ0) is 20.8. The molecule has 5 nitrogen and oxygen atoms in total. The number of nitrogens with zero attached hydrogens (tertiary/aromatic N) is 2. The summed E-state index contributed by atoms with van der Waals surface area (Å²) >= 11 is 0. The first-order valence-corrected chi connectivity index (χ1v) is 10.8. The summed E-state index contributed by atoms with van der Waals surface area (Å²) in [6.07, 6.45) is 13.7. The summed E-state index contributed by atoms with van der Waals surface area (Å²) < 4.78 is 7.94. The number of rotatable bonds is 8. The number of hydrogen-bond acceptors (Lipinski definition) is 3. The summed E-state index contributed by atoms with van der Waals surface area (Å²) in [5.74, 6) is 0.889. The maximum atomic E-state index is 12.8. The summed E-state index contributed by atoms with van der Waals surface area (Å²) in [6, 6.07) is 10.4. The van der Waals surface area contributed by atoms with Crippen LogP contribution in [0.2, 0.25) is 0 Å². The van der Waals surface area contributed by atoms with Gasteiger partial charge in [0.25, 0.3) is 0 Å². The Morgan fingerprint density at radius 2 is 2.00 bits per heavy atom. The predicted molar refractivity (Wildman–Crippen MR) is 120 cm³/mol. The highest BCUT2D eigenvalue weighted by Gasteiger charge is 2.18. The van der Waals surface area contributed by atoms with Crippen LogP contribution in [-0.2, 0) is 17.8 Å². The average molecular weight is 404 g/mol. The lowest BCUT2D eigenvalue weighted by atomic mass is 9.95. The van der Waals surface area contributed by atoms with Crippen molar-refractivity contribution in [2.45, 2.75) is 51.1 Å². The number of pyridine rings is 1. The van der Waals surface area contributed by atoms with Crippen LogP contribution in [0.1, 0.15) is 43.2 Å². The van der Waals surface area contributed by atoms with E-state index in [4.69, 9.17) is 4.74 Å². The molecule has 1 aliphatic carbocycles. The van der Waals surface area contributed by atoms with Gasteiger partial charge in [0.05, 0.1) is 6.42 Å². The Bertz CT molecular complexity index is 1000. The smallest absolute Gasteiger partial charge is 0.224 e. The van der Waals surface area contributed by atoms with E-state index < -0.39 is 0 Å². The van der Waals surface area contributed by atoms with E-state index in [-0.39, 0.29) is 5.91 Å². The maximum Gasteiger partial charge on any atom is 0.224 e. The summed E-state index contributed by atoms with van der Waals surface area (Å²) in [5.41, 5.74) is 3.29. The molecule has 0 aliphatic heterocycles. The molecule has 0 bridgehead atoms. The van der Waals surface area contributed by atoms with Crippen LogP contribution >= 0.6 is 0 Å². The molecule has 1 aromatic carbocycles. The normalized spacial score (nSPS) is 14.5. The fourth-order valence-corrected chi connectivity index (χ4v) is 4.25. The quantitative estimate of drug-likeness (QED) is 0.558. The van der Waals surface area contributed by atoms with Crippen molar-refractivity contribution in [2.24, 2.45) is 0 Å². The molecule has 1 saturated carbocycles. The lowest BCUT2D eigenvalue weighted by molar-refractivity contribution is -0.121. The van der Waals surface area contributed by atoms with Crippen molar-refractivity contribution in [3.63, 3.8) is 0 Å². The largest absolute Gasteiger partial charge is 0.490 e. The fourth-order valence-electron chi connectivity index (χ4n) is 4.25. The lowest BCUT2D eigenvalue weighted by Crippen LogP contribution is -2.37. The predicted octanol–water partition coefficient (Wildman–Crippen LogP) is 4.64. The van der Waals surface area contributed by atoms with Crippen LogP contribution in [0.15, 0.2) is 61.6 Å². The van der Waals surface area contributed by atoms with Gasteiger partial charge in [0.15, 0.2) is 0 Å². The molecule has 156 valence electrons. The third kappa shape index (κ3) is 4.90. The van der Waals surface area contributed by atoms with Crippen LogP contribution < -0.4 is 10.1 Å².